The lowest BCUT2D eigenvalue weighted by Gasteiger charge is -2.37. The molecule has 2 N–H and O–H groups in total. The molecular formula is C12H22N2O2. The van der Waals surface area contributed by atoms with Crippen LogP contribution in [0.5, 0.6) is 0 Å². The molecule has 16 heavy (non-hydrogen) atoms. The summed E-state index contributed by atoms with van der Waals surface area (Å²) in [5, 5.41) is 6.34. The molecular weight excluding hydrogens is 204 g/mol. The molecule has 1 aliphatic carbocycles. The Labute approximate surface area is 97.1 Å². The van der Waals surface area contributed by atoms with Crippen molar-refractivity contribution >= 4 is 5.91 Å². The number of ether oxygens (including phenoxy) is 1. The van der Waals surface area contributed by atoms with E-state index in [2.05, 4.69) is 17.6 Å². The van der Waals surface area contributed by atoms with E-state index in [0.29, 0.717) is 18.9 Å². The van der Waals surface area contributed by atoms with Crippen LogP contribution < -0.4 is 10.6 Å². The average Bonchev–Trinajstić information content (AvgIpc) is 3.12. The van der Waals surface area contributed by atoms with Crippen LogP contribution in [-0.4, -0.2) is 37.7 Å². The van der Waals surface area contributed by atoms with Gasteiger partial charge in [0.1, 0.15) is 0 Å². The van der Waals surface area contributed by atoms with E-state index in [1.165, 1.54) is 12.8 Å². The summed E-state index contributed by atoms with van der Waals surface area (Å²) in [6.07, 6.45) is 4.09. The molecule has 4 nitrogen and oxygen atoms in total. The van der Waals surface area contributed by atoms with E-state index < -0.39 is 0 Å². The molecule has 1 saturated carbocycles. The number of rotatable bonds is 5. The van der Waals surface area contributed by atoms with Gasteiger partial charge in [-0.1, -0.05) is 6.92 Å². The lowest BCUT2D eigenvalue weighted by atomic mass is 9.99. The Balaban J connectivity index is 1.74. The molecule has 0 spiro atoms. The third-order valence-electron chi connectivity index (χ3n) is 3.56. The van der Waals surface area contributed by atoms with Gasteiger partial charge in [0.05, 0.1) is 12.2 Å². The van der Waals surface area contributed by atoms with Gasteiger partial charge in [-0.3, -0.25) is 4.79 Å². The van der Waals surface area contributed by atoms with Crippen LogP contribution in [0, 0.1) is 5.92 Å². The first-order valence-electron chi connectivity index (χ1n) is 6.35. The molecule has 1 amide bonds. The van der Waals surface area contributed by atoms with Crippen LogP contribution in [0.2, 0.25) is 0 Å². The van der Waals surface area contributed by atoms with Crippen molar-refractivity contribution < 1.29 is 9.53 Å². The van der Waals surface area contributed by atoms with Crippen molar-refractivity contribution in [1.82, 2.24) is 10.6 Å². The summed E-state index contributed by atoms with van der Waals surface area (Å²) < 4.78 is 5.81. The molecule has 0 aromatic rings. The van der Waals surface area contributed by atoms with Crippen LogP contribution in [0.4, 0.5) is 0 Å². The quantitative estimate of drug-likeness (QED) is 0.724. The maximum atomic E-state index is 11.6. The molecule has 92 valence electrons. The van der Waals surface area contributed by atoms with Gasteiger partial charge in [0.2, 0.25) is 5.91 Å². The minimum atomic E-state index is -0.183. The Morgan fingerprint density at radius 3 is 2.94 bits per heavy atom. The van der Waals surface area contributed by atoms with Crippen LogP contribution in [0.1, 0.15) is 32.6 Å². The summed E-state index contributed by atoms with van der Waals surface area (Å²) >= 11 is 0. The smallest absolute Gasteiger partial charge is 0.220 e. The van der Waals surface area contributed by atoms with E-state index in [4.69, 9.17) is 4.74 Å². The first kappa shape index (κ1) is 11.9. The number of hydrogen-bond acceptors (Lipinski definition) is 3. The average molecular weight is 226 g/mol. The first-order valence-corrected chi connectivity index (χ1v) is 6.35. The second-order valence-corrected chi connectivity index (χ2v) is 4.99. The molecule has 1 saturated heterocycles. The molecule has 4 heteroatoms. The van der Waals surface area contributed by atoms with Crippen molar-refractivity contribution in [1.29, 1.82) is 0 Å². The third kappa shape index (κ3) is 3.19. The Morgan fingerprint density at radius 2 is 2.38 bits per heavy atom. The Hall–Kier alpha value is -0.610. The lowest BCUT2D eigenvalue weighted by molar-refractivity contribution is -0.124. The zero-order chi connectivity index (χ0) is 11.4. The Morgan fingerprint density at radius 1 is 1.56 bits per heavy atom. The summed E-state index contributed by atoms with van der Waals surface area (Å²) in [5.74, 6) is 0.840. The monoisotopic (exact) mass is 226 g/mol. The highest BCUT2D eigenvalue weighted by Gasteiger charge is 2.32. The molecule has 1 aliphatic heterocycles. The van der Waals surface area contributed by atoms with Gasteiger partial charge >= 0.3 is 0 Å². The molecule has 0 radical (unpaired) electrons. The molecule has 1 atom stereocenters. The lowest BCUT2D eigenvalue weighted by Crippen LogP contribution is -2.55. The zero-order valence-corrected chi connectivity index (χ0v) is 10.1. The molecule has 1 unspecified atom stereocenters. The molecule has 2 aliphatic rings. The van der Waals surface area contributed by atoms with Crippen molar-refractivity contribution in [2.24, 2.45) is 5.92 Å². The fraction of sp³-hybridized carbons (Fsp3) is 0.917. The molecule has 0 aromatic heterocycles. The fourth-order valence-corrected chi connectivity index (χ4v) is 2.09. The van der Waals surface area contributed by atoms with Gasteiger partial charge in [-0.2, -0.15) is 0 Å². The largest absolute Gasteiger partial charge is 0.371 e. The van der Waals surface area contributed by atoms with E-state index in [1.54, 1.807) is 0 Å². The van der Waals surface area contributed by atoms with Gasteiger partial charge in [0.25, 0.3) is 0 Å². The van der Waals surface area contributed by atoms with Crippen LogP contribution >= 0.6 is 0 Å². The van der Waals surface area contributed by atoms with E-state index in [9.17, 15) is 4.79 Å². The number of carbonyl (C=O) groups is 1. The Bertz CT molecular complexity index is 245. The number of amides is 1. The highest BCUT2D eigenvalue weighted by atomic mass is 16.5. The number of morpholine rings is 1. The second kappa shape index (κ2) is 5.15. The van der Waals surface area contributed by atoms with Gasteiger partial charge in [-0.15, -0.1) is 0 Å². The standard InChI is InChI=1S/C12H22N2O2/c1-2-12(8-13-5-6-16-12)9-14-11(15)7-10-3-4-10/h10,13H,2-9H2,1H3,(H,14,15). The van der Waals surface area contributed by atoms with E-state index in [-0.39, 0.29) is 11.5 Å². The van der Waals surface area contributed by atoms with Crippen molar-refractivity contribution in [3.63, 3.8) is 0 Å². The van der Waals surface area contributed by atoms with Crippen LogP contribution in [0.3, 0.4) is 0 Å². The maximum absolute atomic E-state index is 11.6. The van der Waals surface area contributed by atoms with Crippen molar-refractivity contribution in [3.05, 3.63) is 0 Å². The topological polar surface area (TPSA) is 50.4 Å². The number of hydrogen-bond donors (Lipinski definition) is 2. The van der Waals surface area contributed by atoms with Gasteiger partial charge in [-0.25, -0.2) is 0 Å². The summed E-state index contributed by atoms with van der Waals surface area (Å²) in [5.41, 5.74) is -0.183. The van der Waals surface area contributed by atoms with E-state index in [1.807, 2.05) is 0 Å². The Kier molecular flexibility index (Phi) is 3.82. The SMILES string of the molecule is CCC1(CNC(=O)CC2CC2)CNCCO1. The minimum Gasteiger partial charge on any atom is -0.371 e. The second-order valence-electron chi connectivity index (χ2n) is 4.99. The van der Waals surface area contributed by atoms with Crippen molar-refractivity contribution in [2.75, 3.05) is 26.2 Å². The molecule has 2 fully saturated rings. The molecule has 2 rings (SSSR count). The molecule has 1 heterocycles. The summed E-state index contributed by atoms with van der Waals surface area (Å²) in [6, 6.07) is 0. The van der Waals surface area contributed by atoms with Gasteiger partial charge in [0, 0.05) is 26.1 Å². The van der Waals surface area contributed by atoms with E-state index >= 15 is 0 Å². The first-order chi connectivity index (χ1) is 7.74. The summed E-state index contributed by atoms with van der Waals surface area (Å²) in [7, 11) is 0. The van der Waals surface area contributed by atoms with Crippen LogP contribution in [0.15, 0.2) is 0 Å². The highest BCUT2D eigenvalue weighted by molar-refractivity contribution is 5.76. The summed E-state index contributed by atoms with van der Waals surface area (Å²) in [6.45, 7) is 5.25. The van der Waals surface area contributed by atoms with Crippen molar-refractivity contribution in [2.45, 2.75) is 38.2 Å². The molecule has 0 bridgehead atoms. The highest BCUT2D eigenvalue weighted by Crippen LogP contribution is 2.32. The molecule has 0 aromatic carbocycles. The van der Waals surface area contributed by atoms with Gasteiger partial charge in [-0.05, 0) is 25.2 Å². The van der Waals surface area contributed by atoms with Gasteiger partial charge in [0.15, 0.2) is 0 Å². The van der Waals surface area contributed by atoms with Crippen molar-refractivity contribution in [3.8, 4) is 0 Å². The minimum absolute atomic E-state index is 0.183. The summed E-state index contributed by atoms with van der Waals surface area (Å²) in [4.78, 5) is 11.6. The normalized spacial score (nSPS) is 30.1. The predicted octanol–water partition coefficient (Wildman–Crippen LogP) is 0.671. The predicted molar refractivity (Wildman–Crippen MR) is 62.2 cm³/mol. The third-order valence-corrected chi connectivity index (χ3v) is 3.56. The van der Waals surface area contributed by atoms with E-state index in [0.717, 1.165) is 26.1 Å². The number of nitrogens with one attached hydrogen (secondary N) is 2. The van der Waals surface area contributed by atoms with Crippen LogP contribution in [-0.2, 0) is 9.53 Å². The van der Waals surface area contributed by atoms with Gasteiger partial charge < -0.3 is 15.4 Å². The fourth-order valence-electron chi connectivity index (χ4n) is 2.09. The maximum Gasteiger partial charge on any atom is 0.220 e. The zero-order valence-electron chi connectivity index (χ0n) is 10.1. The van der Waals surface area contributed by atoms with Crippen LogP contribution in [0.25, 0.3) is 0 Å². The number of carbonyl (C=O) groups excluding carboxylic acids is 1.